The lowest BCUT2D eigenvalue weighted by atomic mass is 10.2. The molecule has 1 aromatic carbocycles. The van der Waals surface area contributed by atoms with E-state index in [1.54, 1.807) is 7.05 Å². The number of nitrogens with one attached hydrogen (secondary N) is 1. The first-order valence-electron chi connectivity index (χ1n) is 7.19. The first-order chi connectivity index (χ1) is 9.84. The summed E-state index contributed by atoms with van der Waals surface area (Å²) >= 11 is 0. The summed E-state index contributed by atoms with van der Waals surface area (Å²) in [6, 6.07) is 10.3. The standard InChI is InChI=1S/C16H27N3OS/c1-16(2,3)21(20)12-11-18-15(17-4)19(5)13-14-9-7-6-8-10-14/h6-10H,11-13H2,1-5H3,(H,17,18). The Morgan fingerprint density at radius 1 is 1.29 bits per heavy atom. The Kier molecular flexibility index (Phi) is 6.89. The predicted molar refractivity (Wildman–Crippen MR) is 92.0 cm³/mol. The van der Waals surface area contributed by atoms with E-state index in [1.165, 1.54) is 5.56 Å². The largest absolute Gasteiger partial charge is 0.355 e. The number of aliphatic imine (C=N–C) groups is 1. The topological polar surface area (TPSA) is 44.7 Å². The lowest BCUT2D eigenvalue weighted by molar-refractivity contribution is 0.479. The van der Waals surface area contributed by atoms with E-state index in [0.717, 1.165) is 12.5 Å². The summed E-state index contributed by atoms with van der Waals surface area (Å²) in [5.41, 5.74) is 1.24. The summed E-state index contributed by atoms with van der Waals surface area (Å²) in [7, 11) is 2.93. The summed E-state index contributed by atoms with van der Waals surface area (Å²) < 4.78 is 11.8. The summed E-state index contributed by atoms with van der Waals surface area (Å²) in [4.78, 5) is 6.34. The van der Waals surface area contributed by atoms with Crippen LogP contribution in [0.5, 0.6) is 0 Å². The first-order valence-corrected chi connectivity index (χ1v) is 8.50. The molecule has 118 valence electrons. The van der Waals surface area contributed by atoms with Crippen LogP contribution in [0.2, 0.25) is 0 Å². The minimum absolute atomic E-state index is 0.166. The molecule has 0 aliphatic carbocycles. The molecule has 0 bridgehead atoms. The van der Waals surface area contributed by atoms with Gasteiger partial charge in [-0.1, -0.05) is 30.3 Å². The van der Waals surface area contributed by atoms with E-state index in [4.69, 9.17) is 0 Å². The molecule has 0 aromatic heterocycles. The fourth-order valence-corrected chi connectivity index (χ4v) is 2.78. The molecule has 1 rings (SSSR count). The average molecular weight is 309 g/mol. The zero-order valence-electron chi connectivity index (χ0n) is 13.7. The third-order valence-electron chi connectivity index (χ3n) is 3.09. The van der Waals surface area contributed by atoms with Gasteiger partial charge in [-0.2, -0.15) is 0 Å². The van der Waals surface area contributed by atoms with E-state index in [-0.39, 0.29) is 4.75 Å². The second-order valence-electron chi connectivity index (χ2n) is 5.98. The SMILES string of the molecule is CN=C(NCCS(=O)C(C)(C)C)N(C)Cc1ccccc1. The van der Waals surface area contributed by atoms with Crippen molar-refractivity contribution < 1.29 is 4.21 Å². The van der Waals surface area contributed by atoms with E-state index in [0.29, 0.717) is 12.3 Å². The molecule has 1 N–H and O–H groups in total. The van der Waals surface area contributed by atoms with Crippen molar-refractivity contribution in [3.63, 3.8) is 0 Å². The fraction of sp³-hybridized carbons (Fsp3) is 0.562. The molecule has 21 heavy (non-hydrogen) atoms. The van der Waals surface area contributed by atoms with Gasteiger partial charge in [0.05, 0.1) is 0 Å². The molecular weight excluding hydrogens is 282 g/mol. The van der Waals surface area contributed by atoms with Crippen molar-refractivity contribution in [3.05, 3.63) is 35.9 Å². The average Bonchev–Trinajstić information content (AvgIpc) is 2.43. The van der Waals surface area contributed by atoms with Crippen LogP contribution in [0.4, 0.5) is 0 Å². The number of nitrogens with zero attached hydrogens (tertiary/aromatic N) is 2. The highest BCUT2D eigenvalue weighted by Crippen LogP contribution is 2.10. The van der Waals surface area contributed by atoms with Gasteiger partial charge >= 0.3 is 0 Å². The lowest BCUT2D eigenvalue weighted by Crippen LogP contribution is -2.41. The molecule has 0 heterocycles. The van der Waals surface area contributed by atoms with Crippen LogP contribution in [0.3, 0.4) is 0 Å². The molecule has 0 saturated carbocycles. The molecule has 0 radical (unpaired) electrons. The molecule has 4 nitrogen and oxygen atoms in total. The van der Waals surface area contributed by atoms with Gasteiger partial charge < -0.3 is 10.2 Å². The number of hydrogen-bond acceptors (Lipinski definition) is 2. The molecule has 0 aliphatic rings. The molecule has 1 atom stereocenters. The smallest absolute Gasteiger partial charge is 0.193 e. The van der Waals surface area contributed by atoms with Crippen LogP contribution in [0.25, 0.3) is 0 Å². The van der Waals surface area contributed by atoms with Gasteiger partial charge in [-0.15, -0.1) is 0 Å². The van der Waals surface area contributed by atoms with Crippen LogP contribution in [-0.4, -0.2) is 46.2 Å². The molecule has 1 unspecified atom stereocenters. The van der Waals surface area contributed by atoms with Gasteiger partial charge in [-0.3, -0.25) is 9.20 Å². The maximum Gasteiger partial charge on any atom is 0.193 e. The highest BCUT2D eigenvalue weighted by Gasteiger charge is 2.18. The van der Waals surface area contributed by atoms with Crippen molar-refractivity contribution in [1.29, 1.82) is 0 Å². The Labute approximate surface area is 131 Å². The van der Waals surface area contributed by atoms with Gasteiger partial charge in [0.15, 0.2) is 5.96 Å². The highest BCUT2D eigenvalue weighted by molar-refractivity contribution is 7.86. The van der Waals surface area contributed by atoms with Gasteiger partial charge in [-0.25, -0.2) is 0 Å². The highest BCUT2D eigenvalue weighted by atomic mass is 32.2. The molecule has 1 aromatic rings. The molecule has 5 heteroatoms. The Balaban J connectivity index is 2.47. The van der Waals surface area contributed by atoms with Gasteiger partial charge in [0.2, 0.25) is 0 Å². The maximum atomic E-state index is 12.0. The molecule has 0 amide bonds. The summed E-state index contributed by atoms with van der Waals surface area (Å²) in [5, 5.41) is 3.28. The zero-order chi connectivity index (χ0) is 15.9. The molecular formula is C16H27N3OS. The third kappa shape index (κ3) is 6.29. The lowest BCUT2D eigenvalue weighted by Gasteiger charge is -2.23. The molecule has 0 saturated heterocycles. The van der Waals surface area contributed by atoms with Gasteiger partial charge in [0.25, 0.3) is 0 Å². The van der Waals surface area contributed by atoms with Crippen LogP contribution in [0.1, 0.15) is 26.3 Å². The zero-order valence-corrected chi connectivity index (χ0v) is 14.5. The number of rotatable bonds is 5. The van der Waals surface area contributed by atoms with Crippen molar-refractivity contribution >= 4 is 16.8 Å². The summed E-state index contributed by atoms with van der Waals surface area (Å²) in [6.07, 6.45) is 0. The quantitative estimate of drug-likeness (QED) is 0.670. The van der Waals surface area contributed by atoms with Crippen molar-refractivity contribution in [1.82, 2.24) is 10.2 Å². The summed E-state index contributed by atoms with van der Waals surface area (Å²) in [5.74, 6) is 1.45. The second-order valence-corrected chi connectivity index (χ2v) is 8.30. The van der Waals surface area contributed by atoms with Gasteiger partial charge in [0, 0.05) is 48.5 Å². The van der Waals surface area contributed by atoms with E-state index in [2.05, 4.69) is 27.3 Å². The first kappa shape index (κ1) is 17.7. The molecule has 0 aliphatic heterocycles. The van der Waals surface area contributed by atoms with E-state index < -0.39 is 10.8 Å². The van der Waals surface area contributed by atoms with Crippen LogP contribution in [-0.2, 0) is 17.3 Å². The number of hydrogen-bond donors (Lipinski definition) is 1. The van der Waals surface area contributed by atoms with Crippen LogP contribution in [0.15, 0.2) is 35.3 Å². The van der Waals surface area contributed by atoms with Gasteiger partial charge in [0.1, 0.15) is 0 Å². The van der Waals surface area contributed by atoms with Crippen LogP contribution < -0.4 is 5.32 Å². The normalized spacial score (nSPS) is 13.9. The second kappa shape index (κ2) is 8.17. The molecule has 0 spiro atoms. The van der Waals surface area contributed by atoms with E-state index in [9.17, 15) is 4.21 Å². The maximum absolute atomic E-state index is 12.0. The van der Waals surface area contributed by atoms with Crippen LogP contribution in [0, 0.1) is 0 Å². The Morgan fingerprint density at radius 2 is 1.90 bits per heavy atom. The summed E-state index contributed by atoms with van der Waals surface area (Å²) in [6.45, 7) is 7.46. The minimum Gasteiger partial charge on any atom is -0.355 e. The van der Waals surface area contributed by atoms with Crippen LogP contribution >= 0.6 is 0 Å². The Hall–Kier alpha value is -1.36. The van der Waals surface area contributed by atoms with Crippen molar-refractivity contribution in [3.8, 4) is 0 Å². The van der Waals surface area contributed by atoms with E-state index >= 15 is 0 Å². The number of guanidine groups is 1. The predicted octanol–water partition coefficient (Wildman–Crippen LogP) is 2.24. The fourth-order valence-electron chi connectivity index (χ4n) is 1.88. The van der Waals surface area contributed by atoms with E-state index in [1.807, 2.05) is 46.0 Å². The Morgan fingerprint density at radius 3 is 2.43 bits per heavy atom. The third-order valence-corrected chi connectivity index (χ3v) is 5.03. The van der Waals surface area contributed by atoms with Crippen molar-refractivity contribution in [2.45, 2.75) is 32.1 Å². The van der Waals surface area contributed by atoms with Gasteiger partial charge in [-0.05, 0) is 26.3 Å². The van der Waals surface area contributed by atoms with Crippen molar-refractivity contribution in [2.75, 3.05) is 26.4 Å². The number of benzene rings is 1. The van der Waals surface area contributed by atoms with Crippen molar-refractivity contribution in [2.24, 2.45) is 4.99 Å². The minimum atomic E-state index is -0.843. The molecule has 0 fully saturated rings. The Bertz CT molecular complexity index is 480. The monoisotopic (exact) mass is 309 g/mol.